The highest BCUT2D eigenvalue weighted by molar-refractivity contribution is 5.85. The first-order chi connectivity index (χ1) is 12.0. The molecule has 0 radical (unpaired) electrons. The van der Waals surface area contributed by atoms with Crippen LogP contribution < -0.4 is 21.3 Å². The number of H-pyrrole nitrogens is 1. The molecular formula is C15H16N6O4. The molecule has 0 fully saturated rings. The summed E-state index contributed by atoms with van der Waals surface area (Å²) in [4.78, 5) is 34.2. The Morgan fingerprint density at radius 2 is 2.00 bits per heavy atom. The number of nitrogens with one attached hydrogen (secondary N) is 2. The van der Waals surface area contributed by atoms with Crippen molar-refractivity contribution in [3.05, 3.63) is 40.2 Å². The molecule has 0 aliphatic heterocycles. The predicted octanol–water partition coefficient (Wildman–Crippen LogP) is 0.937. The number of benzene rings is 1. The topological polar surface area (TPSA) is 137 Å². The molecule has 4 N–H and O–H groups in total. The molecule has 25 heavy (non-hydrogen) atoms. The lowest BCUT2D eigenvalue weighted by Gasteiger charge is -2.10. The van der Waals surface area contributed by atoms with Crippen LogP contribution in [-0.2, 0) is 11.3 Å². The third-order valence-corrected chi connectivity index (χ3v) is 3.52. The lowest BCUT2D eigenvalue weighted by Crippen LogP contribution is -2.16. The number of nitrogen functional groups attached to an aromatic ring is 1. The number of hydrogen-bond acceptors (Lipinski definition) is 7. The quantitative estimate of drug-likeness (QED) is 0.640. The average Bonchev–Trinajstić information content (AvgIpc) is 2.93. The number of aromatic nitrogens is 4. The zero-order valence-electron chi connectivity index (χ0n) is 13.6. The van der Waals surface area contributed by atoms with Gasteiger partial charge in [0.15, 0.2) is 11.2 Å². The van der Waals surface area contributed by atoms with Crippen molar-refractivity contribution in [1.82, 2.24) is 19.5 Å². The van der Waals surface area contributed by atoms with Gasteiger partial charge in [-0.25, -0.2) is 9.78 Å². The fourth-order valence-corrected chi connectivity index (χ4v) is 2.33. The summed E-state index contributed by atoms with van der Waals surface area (Å²) in [6.45, 7) is 0.301. The Balaban J connectivity index is 2.10. The van der Waals surface area contributed by atoms with Crippen LogP contribution in [0.25, 0.3) is 11.2 Å². The molecule has 3 aromatic rings. The molecular weight excluding hydrogens is 328 g/mol. The van der Waals surface area contributed by atoms with E-state index in [0.717, 1.165) is 5.56 Å². The van der Waals surface area contributed by atoms with E-state index >= 15 is 0 Å². The number of nitrogens with two attached hydrogens (primary N) is 1. The number of nitrogens with zero attached hydrogens (tertiary/aromatic N) is 3. The van der Waals surface area contributed by atoms with Gasteiger partial charge >= 0.3 is 6.09 Å². The summed E-state index contributed by atoms with van der Waals surface area (Å²) in [6.07, 6.45) is -0.712. The molecule has 3 rings (SSSR count). The van der Waals surface area contributed by atoms with Gasteiger partial charge in [0.1, 0.15) is 5.75 Å². The molecule has 2 aromatic heterocycles. The monoisotopic (exact) mass is 344 g/mol. The molecule has 2 heterocycles. The van der Waals surface area contributed by atoms with Crippen molar-refractivity contribution in [1.29, 1.82) is 0 Å². The van der Waals surface area contributed by atoms with Crippen molar-refractivity contribution in [3.8, 4) is 5.75 Å². The molecule has 1 amide bonds. The SMILES string of the molecule is COC(=O)Nc1nc2c(=O)[nH]c(N)nc2n1Cc1ccc(OC)cc1. The maximum atomic E-state index is 12.0. The number of imidazole rings is 1. The van der Waals surface area contributed by atoms with Gasteiger partial charge in [-0.1, -0.05) is 12.1 Å². The summed E-state index contributed by atoms with van der Waals surface area (Å²) in [5, 5.41) is 2.47. The van der Waals surface area contributed by atoms with Gasteiger partial charge in [-0.2, -0.15) is 4.98 Å². The van der Waals surface area contributed by atoms with Gasteiger partial charge in [0, 0.05) is 0 Å². The van der Waals surface area contributed by atoms with E-state index in [1.54, 1.807) is 23.8 Å². The minimum atomic E-state index is -0.712. The Bertz CT molecular complexity index is 976. The van der Waals surface area contributed by atoms with Gasteiger partial charge in [-0.05, 0) is 17.7 Å². The second-order valence-corrected chi connectivity index (χ2v) is 5.11. The largest absolute Gasteiger partial charge is 0.497 e. The number of anilines is 2. The Hall–Kier alpha value is -3.56. The van der Waals surface area contributed by atoms with Crippen LogP contribution in [0.3, 0.4) is 0 Å². The standard InChI is InChI=1S/C15H16N6O4/c1-24-9-5-3-8(4-6-9)7-21-11-10(12(22)19-13(16)18-11)17-14(21)20-15(23)25-2/h3-6H,7H2,1-2H3,(H,17,20,23)(H3,16,18,19,22). The molecule has 0 saturated heterocycles. The van der Waals surface area contributed by atoms with E-state index in [1.165, 1.54) is 7.11 Å². The van der Waals surface area contributed by atoms with Crippen molar-refractivity contribution in [2.24, 2.45) is 0 Å². The first-order valence-corrected chi connectivity index (χ1v) is 7.25. The number of hydrogen-bond donors (Lipinski definition) is 3. The Morgan fingerprint density at radius 3 is 2.64 bits per heavy atom. The van der Waals surface area contributed by atoms with Crippen molar-refractivity contribution in [2.75, 3.05) is 25.3 Å². The first kappa shape index (κ1) is 16.3. The molecule has 0 saturated carbocycles. The maximum Gasteiger partial charge on any atom is 0.413 e. The Morgan fingerprint density at radius 1 is 1.28 bits per heavy atom. The predicted molar refractivity (Wildman–Crippen MR) is 90.7 cm³/mol. The van der Waals surface area contributed by atoms with Crippen molar-refractivity contribution in [3.63, 3.8) is 0 Å². The van der Waals surface area contributed by atoms with E-state index in [9.17, 15) is 9.59 Å². The van der Waals surface area contributed by atoms with Crippen LogP contribution in [0.15, 0.2) is 29.1 Å². The zero-order valence-corrected chi connectivity index (χ0v) is 13.6. The number of amides is 1. The molecule has 0 bridgehead atoms. The lowest BCUT2D eigenvalue weighted by atomic mass is 10.2. The fourth-order valence-electron chi connectivity index (χ4n) is 2.33. The van der Waals surface area contributed by atoms with Crippen LogP contribution in [0.2, 0.25) is 0 Å². The second-order valence-electron chi connectivity index (χ2n) is 5.11. The summed E-state index contributed by atoms with van der Waals surface area (Å²) in [5.41, 5.74) is 6.33. The molecule has 10 nitrogen and oxygen atoms in total. The van der Waals surface area contributed by atoms with Gasteiger partial charge in [0.05, 0.1) is 20.8 Å². The molecule has 0 aliphatic rings. The second kappa shape index (κ2) is 6.51. The normalized spacial score (nSPS) is 10.6. The third-order valence-electron chi connectivity index (χ3n) is 3.52. The maximum absolute atomic E-state index is 12.0. The highest BCUT2D eigenvalue weighted by Crippen LogP contribution is 2.19. The number of carbonyl (C=O) groups excluding carboxylic acids is 1. The van der Waals surface area contributed by atoms with E-state index in [-0.39, 0.29) is 23.1 Å². The summed E-state index contributed by atoms with van der Waals surface area (Å²) in [6, 6.07) is 7.30. The molecule has 0 spiro atoms. The number of methoxy groups -OCH3 is 2. The van der Waals surface area contributed by atoms with Gasteiger partial charge < -0.3 is 15.2 Å². The minimum absolute atomic E-state index is 0.0435. The van der Waals surface area contributed by atoms with Crippen LogP contribution in [0.4, 0.5) is 16.7 Å². The van der Waals surface area contributed by atoms with E-state index in [1.807, 2.05) is 12.1 Å². The zero-order chi connectivity index (χ0) is 18.0. The van der Waals surface area contributed by atoms with Crippen LogP contribution in [0.5, 0.6) is 5.75 Å². The van der Waals surface area contributed by atoms with Gasteiger partial charge in [-0.15, -0.1) is 0 Å². The summed E-state index contributed by atoms with van der Waals surface area (Å²) in [7, 11) is 2.81. The van der Waals surface area contributed by atoms with Crippen LogP contribution >= 0.6 is 0 Å². The summed E-state index contributed by atoms with van der Waals surface area (Å²) < 4.78 is 11.3. The van der Waals surface area contributed by atoms with Crippen LogP contribution in [0, 0.1) is 0 Å². The first-order valence-electron chi connectivity index (χ1n) is 7.25. The van der Waals surface area contributed by atoms with E-state index < -0.39 is 11.7 Å². The highest BCUT2D eigenvalue weighted by atomic mass is 16.5. The van der Waals surface area contributed by atoms with Crippen LogP contribution in [0.1, 0.15) is 5.56 Å². The van der Waals surface area contributed by atoms with Crippen molar-refractivity contribution < 1.29 is 14.3 Å². The van der Waals surface area contributed by atoms with E-state index in [0.29, 0.717) is 12.3 Å². The average molecular weight is 344 g/mol. The van der Waals surface area contributed by atoms with Gasteiger partial charge in [-0.3, -0.25) is 19.7 Å². The molecule has 0 unspecified atom stereocenters. The number of ether oxygens (including phenoxy) is 2. The third kappa shape index (κ3) is 3.22. The summed E-state index contributed by atoms with van der Waals surface area (Å²) in [5.74, 6) is 0.797. The fraction of sp³-hybridized carbons (Fsp3) is 0.200. The smallest absolute Gasteiger partial charge is 0.413 e. The highest BCUT2D eigenvalue weighted by Gasteiger charge is 2.18. The number of rotatable bonds is 4. The number of carbonyl (C=O) groups is 1. The lowest BCUT2D eigenvalue weighted by molar-refractivity contribution is 0.186. The van der Waals surface area contributed by atoms with Crippen LogP contribution in [-0.4, -0.2) is 39.8 Å². The van der Waals surface area contributed by atoms with Gasteiger partial charge in [0.2, 0.25) is 11.9 Å². The van der Waals surface area contributed by atoms with Crippen molar-refractivity contribution >= 4 is 29.2 Å². The Labute approximate surface area is 141 Å². The van der Waals surface area contributed by atoms with Crippen molar-refractivity contribution in [2.45, 2.75) is 6.54 Å². The molecule has 1 aromatic carbocycles. The molecule has 130 valence electrons. The molecule has 0 atom stereocenters. The van der Waals surface area contributed by atoms with Gasteiger partial charge in [0.25, 0.3) is 5.56 Å². The summed E-state index contributed by atoms with van der Waals surface area (Å²) >= 11 is 0. The molecule has 0 aliphatic carbocycles. The van der Waals surface area contributed by atoms with E-state index in [2.05, 4.69) is 25.0 Å². The minimum Gasteiger partial charge on any atom is -0.497 e. The number of fused-ring (bicyclic) bond motifs is 1. The van der Waals surface area contributed by atoms with E-state index in [4.69, 9.17) is 10.5 Å². The number of aromatic amines is 1. The molecule has 10 heteroatoms. The Kier molecular flexibility index (Phi) is 4.25.